The van der Waals surface area contributed by atoms with Crippen LogP contribution in [0, 0.1) is 0 Å². The zero-order valence-corrected chi connectivity index (χ0v) is 13.2. The normalized spacial score (nSPS) is 10.1. The number of imide groups is 1. The largest absolute Gasteiger partial charge is 0.328 e. The number of halogens is 2. The number of benzene rings is 1. The SMILES string of the molecule is CC(=O)N(Cc1ccccc1)C(=O)Nc1cc(Cl)nc(Cl)c1. The molecule has 0 bridgehead atoms. The number of aromatic nitrogens is 1. The van der Waals surface area contributed by atoms with Crippen LogP contribution >= 0.6 is 23.2 Å². The molecule has 5 nitrogen and oxygen atoms in total. The molecule has 1 aromatic heterocycles. The average Bonchev–Trinajstić information content (AvgIpc) is 2.44. The van der Waals surface area contributed by atoms with Crippen molar-refractivity contribution in [2.75, 3.05) is 5.32 Å². The van der Waals surface area contributed by atoms with Crippen molar-refractivity contribution in [3.63, 3.8) is 0 Å². The first-order chi connectivity index (χ1) is 10.5. The lowest BCUT2D eigenvalue weighted by Crippen LogP contribution is -2.38. The molecular weight excluding hydrogens is 325 g/mol. The van der Waals surface area contributed by atoms with Gasteiger partial charge in [-0.15, -0.1) is 0 Å². The zero-order chi connectivity index (χ0) is 16.1. The molecule has 114 valence electrons. The van der Waals surface area contributed by atoms with Gasteiger partial charge in [0.25, 0.3) is 0 Å². The molecule has 0 spiro atoms. The van der Waals surface area contributed by atoms with Crippen LogP contribution in [0.25, 0.3) is 0 Å². The molecule has 0 radical (unpaired) electrons. The maximum Gasteiger partial charge on any atom is 0.328 e. The van der Waals surface area contributed by atoms with Crippen LogP contribution in [-0.2, 0) is 11.3 Å². The van der Waals surface area contributed by atoms with E-state index in [9.17, 15) is 9.59 Å². The number of nitrogens with one attached hydrogen (secondary N) is 1. The molecule has 0 atom stereocenters. The summed E-state index contributed by atoms with van der Waals surface area (Å²) < 4.78 is 0. The maximum atomic E-state index is 12.3. The molecule has 22 heavy (non-hydrogen) atoms. The van der Waals surface area contributed by atoms with Gasteiger partial charge in [-0.05, 0) is 17.7 Å². The molecule has 0 saturated heterocycles. The third kappa shape index (κ3) is 4.44. The fourth-order valence-corrected chi connectivity index (χ4v) is 2.28. The van der Waals surface area contributed by atoms with E-state index in [4.69, 9.17) is 23.2 Å². The number of urea groups is 1. The Hall–Kier alpha value is -2.11. The van der Waals surface area contributed by atoms with Gasteiger partial charge in [0, 0.05) is 12.6 Å². The van der Waals surface area contributed by atoms with Gasteiger partial charge in [-0.3, -0.25) is 9.69 Å². The van der Waals surface area contributed by atoms with Crippen molar-refractivity contribution < 1.29 is 9.59 Å². The number of anilines is 1. The first kappa shape index (κ1) is 16.3. The van der Waals surface area contributed by atoms with Crippen LogP contribution < -0.4 is 5.32 Å². The summed E-state index contributed by atoms with van der Waals surface area (Å²) in [5.74, 6) is -0.368. The van der Waals surface area contributed by atoms with Crippen LogP contribution in [0.3, 0.4) is 0 Å². The lowest BCUT2D eigenvalue weighted by molar-refractivity contribution is -0.126. The molecule has 0 aliphatic heterocycles. The summed E-state index contributed by atoms with van der Waals surface area (Å²) in [6, 6.07) is 11.6. The number of amides is 3. The van der Waals surface area contributed by atoms with E-state index in [0.29, 0.717) is 5.69 Å². The van der Waals surface area contributed by atoms with Crippen LogP contribution in [0.5, 0.6) is 0 Å². The van der Waals surface area contributed by atoms with Gasteiger partial charge in [-0.25, -0.2) is 9.78 Å². The summed E-state index contributed by atoms with van der Waals surface area (Å²) in [4.78, 5) is 28.9. The highest BCUT2D eigenvalue weighted by atomic mass is 35.5. The summed E-state index contributed by atoms with van der Waals surface area (Å²) in [5, 5.41) is 2.89. The number of hydrogen-bond donors (Lipinski definition) is 1. The first-order valence-corrected chi connectivity index (χ1v) is 7.17. The molecule has 0 fully saturated rings. The van der Waals surface area contributed by atoms with Gasteiger partial charge in [0.15, 0.2) is 0 Å². The highest BCUT2D eigenvalue weighted by Gasteiger charge is 2.18. The smallest absolute Gasteiger partial charge is 0.307 e. The summed E-state index contributed by atoms with van der Waals surface area (Å²) in [7, 11) is 0. The Bertz CT molecular complexity index is 672. The molecule has 0 saturated carbocycles. The van der Waals surface area contributed by atoms with E-state index in [1.165, 1.54) is 19.1 Å². The Labute approximate surface area is 137 Å². The number of rotatable bonds is 3. The lowest BCUT2D eigenvalue weighted by atomic mass is 10.2. The van der Waals surface area contributed by atoms with Crippen LogP contribution in [0.1, 0.15) is 12.5 Å². The molecule has 7 heteroatoms. The van der Waals surface area contributed by atoms with E-state index >= 15 is 0 Å². The van der Waals surface area contributed by atoms with E-state index in [1.807, 2.05) is 30.3 Å². The molecule has 1 aromatic carbocycles. The first-order valence-electron chi connectivity index (χ1n) is 6.42. The number of pyridine rings is 1. The van der Waals surface area contributed by atoms with Crippen molar-refractivity contribution in [1.82, 2.24) is 9.88 Å². The number of hydrogen-bond acceptors (Lipinski definition) is 3. The molecule has 0 aliphatic carbocycles. The predicted molar refractivity (Wildman–Crippen MR) is 85.9 cm³/mol. The molecule has 0 aliphatic rings. The Morgan fingerprint density at radius 3 is 2.27 bits per heavy atom. The van der Waals surface area contributed by atoms with Crippen molar-refractivity contribution >= 4 is 40.8 Å². The molecule has 0 unspecified atom stereocenters. The predicted octanol–water partition coefficient (Wildman–Crippen LogP) is 3.97. The fourth-order valence-electron chi connectivity index (χ4n) is 1.82. The van der Waals surface area contributed by atoms with Gasteiger partial charge in [-0.2, -0.15) is 0 Å². The van der Waals surface area contributed by atoms with Gasteiger partial charge >= 0.3 is 6.03 Å². The van der Waals surface area contributed by atoms with E-state index in [2.05, 4.69) is 10.3 Å². The van der Waals surface area contributed by atoms with Crippen molar-refractivity contribution in [3.8, 4) is 0 Å². The summed E-state index contributed by atoms with van der Waals surface area (Å²) in [5.41, 5.74) is 1.22. The number of nitrogens with zero attached hydrogens (tertiary/aromatic N) is 2. The van der Waals surface area contributed by atoms with E-state index in [1.54, 1.807) is 0 Å². The molecular formula is C15H13Cl2N3O2. The van der Waals surface area contributed by atoms with Crippen molar-refractivity contribution in [1.29, 1.82) is 0 Å². The Morgan fingerprint density at radius 2 is 1.73 bits per heavy atom. The second kappa shape index (κ2) is 7.24. The molecule has 2 aromatic rings. The third-order valence-corrected chi connectivity index (χ3v) is 3.21. The second-order valence-corrected chi connectivity index (χ2v) is 5.30. The summed E-state index contributed by atoms with van der Waals surface area (Å²) >= 11 is 11.6. The Balaban J connectivity index is 2.14. The standard InChI is InChI=1S/C15H13Cl2N3O2/c1-10(21)20(9-11-5-3-2-4-6-11)15(22)18-12-7-13(16)19-14(17)8-12/h2-8H,9H2,1H3,(H,18,19,22). The van der Waals surface area contributed by atoms with E-state index < -0.39 is 6.03 Å². The van der Waals surface area contributed by atoms with Crippen LogP contribution in [0.2, 0.25) is 10.3 Å². The lowest BCUT2D eigenvalue weighted by Gasteiger charge is -2.20. The van der Waals surface area contributed by atoms with Crippen molar-refractivity contribution in [2.24, 2.45) is 0 Å². The molecule has 1 N–H and O–H groups in total. The van der Waals surface area contributed by atoms with Gasteiger partial charge in [-0.1, -0.05) is 53.5 Å². The zero-order valence-electron chi connectivity index (χ0n) is 11.7. The molecule has 3 amide bonds. The Kier molecular flexibility index (Phi) is 5.35. The fraction of sp³-hybridized carbons (Fsp3) is 0.133. The quantitative estimate of drug-likeness (QED) is 0.862. The van der Waals surface area contributed by atoms with Crippen LogP contribution in [-0.4, -0.2) is 21.8 Å². The molecule has 2 rings (SSSR count). The van der Waals surface area contributed by atoms with Gasteiger partial charge < -0.3 is 5.32 Å². The monoisotopic (exact) mass is 337 g/mol. The topological polar surface area (TPSA) is 62.3 Å². The minimum Gasteiger partial charge on any atom is -0.307 e. The number of carbonyl (C=O) groups is 2. The number of carbonyl (C=O) groups excluding carboxylic acids is 2. The maximum absolute atomic E-state index is 12.3. The third-order valence-electron chi connectivity index (χ3n) is 2.82. The minimum atomic E-state index is -0.560. The average molecular weight is 338 g/mol. The summed E-state index contributed by atoms with van der Waals surface area (Å²) in [6.45, 7) is 1.50. The summed E-state index contributed by atoms with van der Waals surface area (Å²) in [6.07, 6.45) is 0. The minimum absolute atomic E-state index is 0.153. The van der Waals surface area contributed by atoms with Crippen molar-refractivity contribution in [2.45, 2.75) is 13.5 Å². The Morgan fingerprint density at radius 1 is 1.14 bits per heavy atom. The highest BCUT2D eigenvalue weighted by molar-refractivity contribution is 6.33. The highest BCUT2D eigenvalue weighted by Crippen LogP contribution is 2.19. The van der Waals surface area contributed by atoms with Gasteiger partial charge in [0.1, 0.15) is 10.3 Å². The van der Waals surface area contributed by atoms with Gasteiger partial charge in [0.2, 0.25) is 5.91 Å². The van der Waals surface area contributed by atoms with E-state index in [-0.39, 0.29) is 22.8 Å². The van der Waals surface area contributed by atoms with Crippen LogP contribution in [0.4, 0.5) is 10.5 Å². The van der Waals surface area contributed by atoms with Gasteiger partial charge in [0.05, 0.1) is 6.54 Å². The van der Waals surface area contributed by atoms with Crippen LogP contribution in [0.15, 0.2) is 42.5 Å². The van der Waals surface area contributed by atoms with Crippen molar-refractivity contribution in [3.05, 3.63) is 58.3 Å². The van der Waals surface area contributed by atoms with E-state index in [0.717, 1.165) is 10.5 Å². The second-order valence-electron chi connectivity index (χ2n) is 4.52. The molecule has 1 heterocycles.